The molecule has 0 heterocycles. The van der Waals surface area contributed by atoms with Crippen molar-refractivity contribution in [1.29, 1.82) is 0 Å². The molecule has 2 nitrogen and oxygen atoms in total. The summed E-state index contributed by atoms with van der Waals surface area (Å²) in [5.41, 5.74) is 1.39. The van der Waals surface area contributed by atoms with Crippen molar-refractivity contribution in [2.24, 2.45) is 5.18 Å². The number of hydrogen-bond donors (Lipinski definition) is 0. The molecule has 0 radical (unpaired) electrons. The van der Waals surface area contributed by atoms with Crippen molar-refractivity contribution < 1.29 is 0 Å². The first-order valence-electron chi connectivity index (χ1n) is 2.40. The van der Waals surface area contributed by atoms with Gasteiger partial charge in [0.15, 0.2) is 0 Å². The molecule has 0 aromatic rings. The highest BCUT2D eigenvalue weighted by Crippen LogP contribution is 2.26. The standard InChI is InChI=1S/C5H7NO/c7-6-4-3-5-1-2-5/h3H,1-2,4H2. The molecule has 0 saturated heterocycles. The fourth-order valence-corrected chi connectivity index (χ4v) is 0.443. The highest BCUT2D eigenvalue weighted by atomic mass is 16.3. The van der Waals surface area contributed by atoms with Crippen LogP contribution >= 0.6 is 0 Å². The summed E-state index contributed by atoms with van der Waals surface area (Å²) in [5, 5.41) is 2.69. The van der Waals surface area contributed by atoms with E-state index in [0.717, 1.165) is 0 Å². The number of allylic oxidation sites excluding steroid dienone is 1. The molecular formula is C5H7NO. The van der Waals surface area contributed by atoms with Crippen molar-refractivity contribution >= 4 is 0 Å². The van der Waals surface area contributed by atoms with E-state index in [2.05, 4.69) is 5.18 Å². The van der Waals surface area contributed by atoms with Crippen molar-refractivity contribution in [3.05, 3.63) is 16.6 Å². The van der Waals surface area contributed by atoms with Gasteiger partial charge in [0.1, 0.15) is 0 Å². The van der Waals surface area contributed by atoms with Gasteiger partial charge in [-0.2, -0.15) is 4.91 Å². The first-order valence-corrected chi connectivity index (χ1v) is 2.40. The van der Waals surface area contributed by atoms with Crippen molar-refractivity contribution in [2.45, 2.75) is 12.8 Å². The molecule has 0 aromatic carbocycles. The van der Waals surface area contributed by atoms with E-state index in [-0.39, 0.29) is 0 Å². The third kappa shape index (κ3) is 1.48. The van der Waals surface area contributed by atoms with Gasteiger partial charge in [0.2, 0.25) is 0 Å². The molecule has 1 aliphatic carbocycles. The van der Waals surface area contributed by atoms with Gasteiger partial charge in [-0.05, 0) is 12.8 Å². The minimum Gasteiger partial charge on any atom is -0.150 e. The molecule has 0 spiro atoms. The Morgan fingerprint density at radius 2 is 2.43 bits per heavy atom. The molecule has 1 aliphatic rings. The lowest BCUT2D eigenvalue weighted by Crippen LogP contribution is -1.63. The van der Waals surface area contributed by atoms with Gasteiger partial charge in [0, 0.05) is 0 Å². The van der Waals surface area contributed by atoms with E-state index in [0.29, 0.717) is 6.54 Å². The molecule has 0 N–H and O–H groups in total. The molecule has 0 amide bonds. The molecular weight excluding hydrogens is 90.1 g/mol. The zero-order valence-electron chi connectivity index (χ0n) is 4.05. The number of rotatable bonds is 2. The molecule has 0 bridgehead atoms. The van der Waals surface area contributed by atoms with Gasteiger partial charge in [-0.1, -0.05) is 16.8 Å². The molecule has 38 valence electrons. The molecule has 1 rings (SSSR count). The fraction of sp³-hybridized carbons (Fsp3) is 0.600. The predicted octanol–water partition coefficient (Wildman–Crippen LogP) is 1.47. The first kappa shape index (κ1) is 4.50. The van der Waals surface area contributed by atoms with Gasteiger partial charge >= 0.3 is 0 Å². The summed E-state index contributed by atoms with van der Waals surface area (Å²) in [7, 11) is 0. The van der Waals surface area contributed by atoms with Gasteiger partial charge in [0.25, 0.3) is 0 Å². The zero-order valence-corrected chi connectivity index (χ0v) is 4.05. The maximum atomic E-state index is 9.44. The average Bonchev–Trinajstić information content (AvgIpc) is 2.42. The molecule has 2 heteroatoms. The van der Waals surface area contributed by atoms with Crippen LogP contribution in [0.25, 0.3) is 0 Å². The topological polar surface area (TPSA) is 29.4 Å². The van der Waals surface area contributed by atoms with Crippen LogP contribution in [0.15, 0.2) is 16.8 Å². The third-order valence-electron chi connectivity index (χ3n) is 0.993. The van der Waals surface area contributed by atoms with Crippen molar-refractivity contribution in [1.82, 2.24) is 0 Å². The van der Waals surface area contributed by atoms with E-state index in [1.54, 1.807) is 0 Å². The Morgan fingerprint density at radius 3 is 2.86 bits per heavy atom. The van der Waals surface area contributed by atoms with Crippen LogP contribution in [0.2, 0.25) is 0 Å². The molecule has 0 unspecified atom stereocenters. The van der Waals surface area contributed by atoms with Crippen LogP contribution in [-0.2, 0) is 0 Å². The van der Waals surface area contributed by atoms with Gasteiger partial charge in [-0.15, -0.1) is 0 Å². The molecule has 0 atom stereocenters. The van der Waals surface area contributed by atoms with Crippen LogP contribution in [0.3, 0.4) is 0 Å². The van der Waals surface area contributed by atoms with E-state index in [1.807, 2.05) is 6.08 Å². The minimum atomic E-state index is 0.370. The minimum absolute atomic E-state index is 0.370. The van der Waals surface area contributed by atoms with Gasteiger partial charge in [-0.25, -0.2) is 0 Å². The van der Waals surface area contributed by atoms with Crippen LogP contribution in [0.4, 0.5) is 0 Å². The Bertz CT molecular complexity index is 101. The van der Waals surface area contributed by atoms with Crippen LogP contribution in [0.5, 0.6) is 0 Å². The summed E-state index contributed by atoms with van der Waals surface area (Å²) in [6, 6.07) is 0. The van der Waals surface area contributed by atoms with E-state index in [4.69, 9.17) is 0 Å². The maximum Gasteiger partial charge on any atom is 0.0994 e. The van der Waals surface area contributed by atoms with Crippen LogP contribution in [-0.4, -0.2) is 6.54 Å². The lowest BCUT2D eigenvalue weighted by Gasteiger charge is -1.67. The van der Waals surface area contributed by atoms with E-state index >= 15 is 0 Å². The van der Waals surface area contributed by atoms with Gasteiger partial charge in [-0.3, -0.25) is 0 Å². The smallest absolute Gasteiger partial charge is 0.0994 e. The molecule has 0 aromatic heterocycles. The number of nitrogens with zero attached hydrogens (tertiary/aromatic N) is 1. The summed E-state index contributed by atoms with van der Waals surface area (Å²) < 4.78 is 0. The Morgan fingerprint density at radius 1 is 1.71 bits per heavy atom. The van der Waals surface area contributed by atoms with E-state index in [1.165, 1.54) is 18.4 Å². The Labute approximate surface area is 42.2 Å². The highest BCUT2D eigenvalue weighted by Gasteiger charge is 2.08. The first-order chi connectivity index (χ1) is 3.43. The van der Waals surface area contributed by atoms with Gasteiger partial charge in [0.05, 0.1) is 6.54 Å². The Balaban J connectivity index is 2.18. The second kappa shape index (κ2) is 1.87. The zero-order chi connectivity index (χ0) is 5.11. The fourth-order valence-electron chi connectivity index (χ4n) is 0.443. The van der Waals surface area contributed by atoms with Crippen molar-refractivity contribution in [2.75, 3.05) is 6.54 Å². The summed E-state index contributed by atoms with van der Waals surface area (Å²) >= 11 is 0. The largest absolute Gasteiger partial charge is 0.150 e. The van der Waals surface area contributed by atoms with Crippen LogP contribution in [0.1, 0.15) is 12.8 Å². The summed E-state index contributed by atoms with van der Waals surface area (Å²) in [6.45, 7) is 0.370. The lowest BCUT2D eigenvalue weighted by atomic mass is 10.5. The van der Waals surface area contributed by atoms with Crippen molar-refractivity contribution in [3.63, 3.8) is 0 Å². The van der Waals surface area contributed by atoms with Crippen molar-refractivity contribution in [3.8, 4) is 0 Å². The summed E-state index contributed by atoms with van der Waals surface area (Å²) in [5.74, 6) is 0. The monoisotopic (exact) mass is 97.1 g/mol. The molecule has 1 saturated carbocycles. The van der Waals surface area contributed by atoms with Crippen LogP contribution < -0.4 is 0 Å². The Kier molecular flexibility index (Phi) is 1.20. The number of nitroso groups, excluding NO2 is 1. The van der Waals surface area contributed by atoms with Crippen LogP contribution in [0, 0.1) is 4.91 Å². The maximum absolute atomic E-state index is 9.44. The molecule has 7 heavy (non-hydrogen) atoms. The SMILES string of the molecule is O=NCC=C1CC1. The quantitative estimate of drug-likeness (QED) is 0.379. The Hall–Kier alpha value is -0.660. The second-order valence-corrected chi connectivity index (χ2v) is 1.67. The van der Waals surface area contributed by atoms with Gasteiger partial charge < -0.3 is 0 Å². The molecule has 0 aliphatic heterocycles. The molecule has 1 fully saturated rings. The third-order valence-corrected chi connectivity index (χ3v) is 0.993. The average molecular weight is 97.1 g/mol. The summed E-state index contributed by atoms with van der Waals surface area (Å²) in [4.78, 5) is 9.44. The lowest BCUT2D eigenvalue weighted by molar-refractivity contribution is 1.22. The second-order valence-electron chi connectivity index (χ2n) is 1.67. The predicted molar refractivity (Wildman–Crippen MR) is 28.0 cm³/mol. The summed E-state index contributed by atoms with van der Waals surface area (Å²) in [6.07, 6.45) is 4.28. The normalized spacial score (nSPS) is 16.3. The highest BCUT2D eigenvalue weighted by molar-refractivity contribution is 5.16. The van der Waals surface area contributed by atoms with E-state index in [9.17, 15) is 4.91 Å². The number of hydrogen-bond acceptors (Lipinski definition) is 2. The van der Waals surface area contributed by atoms with E-state index < -0.39 is 0 Å².